The van der Waals surface area contributed by atoms with Gasteiger partial charge in [-0.1, -0.05) is 12.1 Å². The van der Waals surface area contributed by atoms with Gasteiger partial charge in [-0.15, -0.1) is 0 Å². The monoisotopic (exact) mass is 340 g/mol. The number of hydrogen-bond donors (Lipinski definition) is 1. The molecule has 1 saturated heterocycles. The number of nitrogens with one attached hydrogen (secondary N) is 1. The van der Waals surface area contributed by atoms with Crippen LogP contribution in [0.3, 0.4) is 0 Å². The second kappa shape index (κ2) is 6.23. The van der Waals surface area contributed by atoms with E-state index in [1.165, 1.54) is 0 Å². The summed E-state index contributed by atoms with van der Waals surface area (Å²) < 4.78 is 6.94. The summed E-state index contributed by atoms with van der Waals surface area (Å²) in [7, 11) is 1.62. The smallest absolute Gasteiger partial charge is 0.287 e. The van der Waals surface area contributed by atoms with Crippen LogP contribution in [0.1, 0.15) is 45.6 Å². The van der Waals surface area contributed by atoms with Gasteiger partial charge < -0.3 is 19.5 Å². The molecule has 1 aromatic carbocycles. The fourth-order valence-corrected chi connectivity index (χ4v) is 3.41. The van der Waals surface area contributed by atoms with Gasteiger partial charge >= 0.3 is 0 Å². The Kier molecular flexibility index (Phi) is 3.91. The number of carbonyl (C=O) groups excluding carboxylic acids is 2. The van der Waals surface area contributed by atoms with E-state index in [9.17, 15) is 9.59 Å². The standard InChI is InChI=1S/C18H20N4O3/c1-25-13-6-4-12(5-7-13)14-10-22-11-15(19-16(22)17(23)20-14)18(24)21-8-2-3-9-21/h4-7,11,14H,2-3,8-10H2,1H3,(H,20,23). The summed E-state index contributed by atoms with van der Waals surface area (Å²) in [5, 5.41) is 2.96. The van der Waals surface area contributed by atoms with Gasteiger partial charge in [0.1, 0.15) is 11.4 Å². The number of rotatable bonds is 3. The minimum absolute atomic E-state index is 0.0896. The molecule has 7 heteroatoms. The predicted octanol–water partition coefficient (Wildman–Crippen LogP) is 1.61. The highest BCUT2D eigenvalue weighted by Crippen LogP contribution is 2.24. The van der Waals surface area contributed by atoms with Crippen molar-refractivity contribution < 1.29 is 14.3 Å². The Hall–Kier alpha value is -2.83. The van der Waals surface area contributed by atoms with Crippen molar-refractivity contribution in [2.45, 2.75) is 25.4 Å². The molecule has 0 bridgehead atoms. The molecule has 0 spiro atoms. The van der Waals surface area contributed by atoms with Crippen LogP contribution in [0.15, 0.2) is 30.5 Å². The van der Waals surface area contributed by atoms with E-state index in [0.29, 0.717) is 18.1 Å². The molecule has 2 aromatic rings. The second-order valence-electron chi connectivity index (χ2n) is 6.40. The molecule has 2 amide bonds. The van der Waals surface area contributed by atoms with Crippen LogP contribution in [0.5, 0.6) is 5.75 Å². The lowest BCUT2D eigenvalue weighted by Crippen LogP contribution is -2.38. The van der Waals surface area contributed by atoms with Crippen LogP contribution in [0.25, 0.3) is 0 Å². The number of hydrogen-bond acceptors (Lipinski definition) is 4. The maximum atomic E-state index is 12.5. The fourth-order valence-electron chi connectivity index (χ4n) is 3.41. The van der Waals surface area contributed by atoms with Gasteiger partial charge in [-0.25, -0.2) is 4.98 Å². The average molecular weight is 340 g/mol. The van der Waals surface area contributed by atoms with Crippen LogP contribution in [-0.4, -0.2) is 46.5 Å². The highest BCUT2D eigenvalue weighted by molar-refractivity contribution is 5.96. The largest absolute Gasteiger partial charge is 0.497 e. The third-order valence-electron chi connectivity index (χ3n) is 4.79. The Balaban J connectivity index is 1.57. The lowest BCUT2D eigenvalue weighted by molar-refractivity contribution is 0.0787. The van der Waals surface area contributed by atoms with E-state index in [1.54, 1.807) is 22.8 Å². The molecule has 2 aliphatic rings. The molecule has 1 fully saturated rings. The van der Waals surface area contributed by atoms with E-state index in [-0.39, 0.29) is 17.9 Å². The number of amides is 2. The zero-order chi connectivity index (χ0) is 17.4. The summed E-state index contributed by atoms with van der Waals surface area (Å²) in [4.78, 5) is 31.0. The van der Waals surface area contributed by atoms with Crippen molar-refractivity contribution in [3.05, 3.63) is 47.5 Å². The van der Waals surface area contributed by atoms with Crippen LogP contribution >= 0.6 is 0 Å². The molecule has 1 N–H and O–H groups in total. The van der Waals surface area contributed by atoms with E-state index in [1.807, 2.05) is 24.3 Å². The van der Waals surface area contributed by atoms with Crippen LogP contribution in [0, 0.1) is 0 Å². The Morgan fingerprint density at radius 3 is 2.64 bits per heavy atom. The summed E-state index contributed by atoms with van der Waals surface area (Å²) in [6.07, 6.45) is 3.75. The maximum absolute atomic E-state index is 12.5. The molecule has 0 radical (unpaired) electrons. The molecule has 7 nitrogen and oxygen atoms in total. The van der Waals surface area contributed by atoms with Crippen LogP contribution in [-0.2, 0) is 6.54 Å². The molecule has 4 rings (SSSR count). The number of carbonyl (C=O) groups is 2. The van der Waals surface area contributed by atoms with Crippen molar-refractivity contribution in [2.24, 2.45) is 0 Å². The SMILES string of the molecule is COc1ccc(C2Cn3cc(C(=O)N4CCCC4)nc3C(=O)N2)cc1. The molecule has 1 unspecified atom stereocenters. The zero-order valence-electron chi connectivity index (χ0n) is 14.1. The highest BCUT2D eigenvalue weighted by atomic mass is 16.5. The van der Waals surface area contributed by atoms with E-state index >= 15 is 0 Å². The van der Waals surface area contributed by atoms with Crippen molar-refractivity contribution in [1.29, 1.82) is 0 Å². The maximum Gasteiger partial charge on any atom is 0.287 e. The van der Waals surface area contributed by atoms with E-state index < -0.39 is 0 Å². The number of ether oxygens (including phenoxy) is 1. The number of nitrogens with zero attached hydrogens (tertiary/aromatic N) is 3. The number of imidazole rings is 1. The van der Waals surface area contributed by atoms with Gasteiger partial charge in [-0.2, -0.15) is 0 Å². The van der Waals surface area contributed by atoms with Crippen LogP contribution < -0.4 is 10.1 Å². The first kappa shape index (κ1) is 15.7. The number of likely N-dealkylation sites (tertiary alicyclic amines) is 1. The van der Waals surface area contributed by atoms with Crippen LogP contribution in [0.2, 0.25) is 0 Å². The zero-order valence-corrected chi connectivity index (χ0v) is 14.1. The van der Waals surface area contributed by atoms with Gasteiger partial charge in [0, 0.05) is 25.8 Å². The number of methoxy groups -OCH3 is 1. The second-order valence-corrected chi connectivity index (χ2v) is 6.40. The molecular formula is C18H20N4O3. The lowest BCUT2D eigenvalue weighted by atomic mass is 10.1. The average Bonchev–Trinajstić information content (AvgIpc) is 3.31. The Morgan fingerprint density at radius 2 is 1.96 bits per heavy atom. The third kappa shape index (κ3) is 2.86. The third-order valence-corrected chi connectivity index (χ3v) is 4.79. The Morgan fingerprint density at radius 1 is 1.24 bits per heavy atom. The van der Waals surface area contributed by atoms with E-state index in [0.717, 1.165) is 37.2 Å². The molecule has 1 atom stereocenters. The molecule has 2 aliphatic heterocycles. The summed E-state index contributed by atoms with van der Waals surface area (Å²) in [5.74, 6) is 0.723. The van der Waals surface area contributed by atoms with Crippen molar-refractivity contribution in [1.82, 2.24) is 19.8 Å². The highest BCUT2D eigenvalue weighted by Gasteiger charge is 2.30. The summed E-state index contributed by atoms with van der Waals surface area (Å²) in [6.45, 7) is 2.08. The molecule has 0 saturated carbocycles. The normalized spacial score (nSPS) is 19.5. The Bertz CT molecular complexity index is 806. The summed E-state index contributed by atoms with van der Waals surface area (Å²) in [5.41, 5.74) is 1.34. The quantitative estimate of drug-likeness (QED) is 0.921. The van der Waals surface area contributed by atoms with Gasteiger partial charge in [0.2, 0.25) is 0 Å². The molecule has 3 heterocycles. The van der Waals surface area contributed by atoms with Gasteiger partial charge in [-0.3, -0.25) is 9.59 Å². The summed E-state index contributed by atoms with van der Waals surface area (Å²) >= 11 is 0. The number of aromatic nitrogens is 2. The molecule has 25 heavy (non-hydrogen) atoms. The molecular weight excluding hydrogens is 320 g/mol. The topological polar surface area (TPSA) is 76.5 Å². The number of benzene rings is 1. The minimum Gasteiger partial charge on any atom is -0.497 e. The van der Waals surface area contributed by atoms with Crippen molar-refractivity contribution in [2.75, 3.05) is 20.2 Å². The van der Waals surface area contributed by atoms with Crippen molar-refractivity contribution >= 4 is 11.8 Å². The van der Waals surface area contributed by atoms with Crippen LogP contribution in [0.4, 0.5) is 0 Å². The molecule has 130 valence electrons. The van der Waals surface area contributed by atoms with Crippen molar-refractivity contribution in [3.63, 3.8) is 0 Å². The first-order valence-electron chi connectivity index (χ1n) is 8.47. The molecule has 1 aromatic heterocycles. The van der Waals surface area contributed by atoms with Gasteiger partial charge in [-0.05, 0) is 30.5 Å². The number of fused-ring (bicyclic) bond motifs is 1. The van der Waals surface area contributed by atoms with Gasteiger partial charge in [0.05, 0.1) is 13.2 Å². The fraction of sp³-hybridized carbons (Fsp3) is 0.389. The lowest BCUT2D eigenvalue weighted by Gasteiger charge is -2.25. The first-order chi connectivity index (χ1) is 12.2. The molecule has 0 aliphatic carbocycles. The van der Waals surface area contributed by atoms with E-state index in [4.69, 9.17) is 4.74 Å². The van der Waals surface area contributed by atoms with E-state index in [2.05, 4.69) is 10.3 Å². The van der Waals surface area contributed by atoms with Gasteiger partial charge in [0.15, 0.2) is 5.82 Å². The first-order valence-corrected chi connectivity index (χ1v) is 8.47. The van der Waals surface area contributed by atoms with Crippen molar-refractivity contribution in [3.8, 4) is 5.75 Å². The predicted molar refractivity (Wildman–Crippen MR) is 90.6 cm³/mol. The Labute approximate surface area is 145 Å². The minimum atomic E-state index is -0.257. The van der Waals surface area contributed by atoms with Gasteiger partial charge in [0.25, 0.3) is 11.8 Å². The summed E-state index contributed by atoms with van der Waals surface area (Å²) in [6, 6.07) is 7.44.